The van der Waals surface area contributed by atoms with Gasteiger partial charge < -0.3 is 9.80 Å². The van der Waals surface area contributed by atoms with E-state index in [1.54, 1.807) is 4.90 Å². The lowest BCUT2D eigenvalue weighted by molar-refractivity contribution is 0.126. The number of carbonyl (C=O) groups excluding carboxylic acids is 1. The average molecular weight is 184 g/mol. The van der Waals surface area contributed by atoms with Crippen LogP contribution in [0.3, 0.4) is 0 Å². The lowest BCUT2D eigenvalue weighted by atomic mass is 9.89. The van der Waals surface area contributed by atoms with Crippen LogP contribution < -0.4 is 0 Å². The van der Waals surface area contributed by atoms with Crippen LogP contribution in [-0.2, 0) is 0 Å². The maximum Gasteiger partial charge on any atom is 0.319 e. The first-order valence-electron chi connectivity index (χ1n) is 4.98. The summed E-state index contributed by atoms with van der Waals surface area (Å²) in [6.07, 6.45) is 1.14. The highest BCUT2D eigenvalue weighted by Gasteiger charge is 2.26. The molecule has 1 aliphatic heterocycles. The lowest BCUT2D eigenvalue weighted by Gasteiger charge is -2.36. The van der Waals surface area contributed by atoms with Gasteiger partial charge in [0.25, 0.3) is 0 Å². The van der Waals surface area contributed by atoms with Gasteiger partial charge in [0, 0.05) is 27.2 Å². The number of hydrogen-bond acceptors (Lipinski definition) is 1. The first kappa shape index (κ1) is 10.4. The van der Waals surface area contributed by atoms with Gasteiger partial charge in [0.05, 0.1) is 0 Å². The molecule has 1 aliphatic rings. The summed E-state index contributed by atoms with van der Waals surface area (Å²) in [5.74, 6) is 1.39. The first-order valence-corrected chi connectivity index (χ1v) is 4.98. The number of rotatable bonds is 0. The third kappa shape index (κ3) is 2.36. The molecule has 0 saturated carbocycles. The van der Waals surface area contributed by atoms with Crippen LogP contribution in [0.25, 0.3) is 0 Å². The number of urea groups is 1. The molecule has 0 aromatic carbocycles. The standard InChI is InChI=1S/C10H20N2O/c1-8-5-6-12(7-9(8)2)10(13)11(3)4/h8-9H,5-7H2,1-4H3. The molecule has 0 bridgehead atoms. The Hall–Kier alpha value is -0.730. The van der Waals surface area contributed by atoms with E-state index in [-0.39, 0.29) is 6.03 Å². The Labute approximate surface area is 80.7 Å². The number of amides is 2. The molecule has 0 spiro atoms. The molecule has 76 valence electrons. The second-order valence-electron chi connectivity index (χ2n) is 4.37. The Balaban J connectivity index is 2.50. The van der Waals surface area contributed by atoms with Crippen molar-refractivity contribution in [3.63, 3.8) is 0 Å². The van der Waals surface area contributed by atoms with Crippen LogP contribution in [0.4, 0.5) is 4.79 Å². The highest BCUT2D eigenvalue weighted by Crippen LogP contribution is 2.22. The van der Waals surface area contributed by atoms with E-state index >= 15 is 0 Å². The van der Waals surface area contributed by atoms with E-state index in [0.29, 0.717) is 5.92 Å². The molecule has 2 unspecified atom stereocenters. The zero-order valence-corrected chi connectivity index (χ0v) is 9.08. The molecule has 0 N–H and O–H groups in total. The van der Waals surface area contributed by atoms with Gasteiger partial charge in [-0.1, -0.05) is 13.8 Å². The van der Waals surface area contributed by atoms with Crippen LogP contribution in [-0.4, -0.2) is 43.0 Å². The monoisotopic (exact) mass is 184 g/mol. The molecule has 1 saturated heterocycles. The molecule has 2 atom stereocenters. The highest BCUT2D eigenvalue weighted by atomic mass is 16.2. The van der Waals surface area contributed by atoms with Crippen molar-refractivity contribution in [3.05, 3.63) is 0 Å². The van der Waals surface area contributed by atoms with Crippen molar-refractivity contribution < 1.29 is 4.79 Å². The first-order chi connectivity index (χ1) is 6.02. The molecule has 3 heteroatoms. The number of hydrogen-bond donors (Lipinski definition) is 0. The molecule has 2 amide bonds. The second-order valence-corrected chi connectivity index (χ2v) is 4.37. The summed E-state index contributed by atoms with van der Waals surface area (Å²) < 4.78 is 0. The minimum atomic E-state index is 0.152. The molecule has 0 aromatic heterocycles. The van der Waals surface area contributed by atoms with Crippen molar-refractivity contribution in [1.82, 2.24) is 9.80 Å². The summed E-state index contributed by atoms with van der Waals surface area (Å²) in [4.78, 5) is 15.2. The third-order valence-corrected chi connectivity index (χ3v) is 2.99. The summed E-state index contributed by atoms with van der Waals surface area (Å²) >= 11 is 0. The Morgan fingerprint density at radius 1 is 1.31 bits per heavy atom. The second kappa shape index (κ2) is 3.99. The molecule has 13 heavy (non-hydrogen) atoms. The van der Waals surface area contributed by atoms with Crippen molar-refractivity contribution in [2.75, 3.05) is 27.2 Å². The van der Waals surface area contributed by atoms with Crippen molar-refractivity contribution in [2.24, 2.45) is 11.8 Å². The van der Waals surface area contributed by atoms with E-state index < -0.39 is 0 Å². The summed E-state index contributed by atoms with van der Waals surface area (Å²) in [5, 5.41) is 0. The van der Waals surface area contributed by atoms with Crippen LogP contribution in [0, 0.1) is 11.8 Å². The molecule has 3 nitrogen and oxygen atoms in total. The smallest absolute Gasteiger partial charge is 0.319 e. The van der Waals surface area contributed by atoms with Crippen molar-refractivity contribution in [3.8, 4) is 0 Å². The largest absolute Gasteiger partial charge is 0.331 e. The van der Waals surface area contributed by atoms with Crippen LogP contribution in [0.15, 0.2) is 0 Å². The van der Waals surface area contributed by atoms with Gasteiger partial charge in [-0.3, -0.25) is 0 Å². The summed E-state index contributed by atoms with van der Waals surface area (Å²) in [6.45, 7) is 6.32. The highest BCUT2D eigenvalue weighted by molar-refractivity contribution is 5.73. The van der Waals surface area contributed by atoms with Crippen molar-refractivity contribution in [1.29, 1.82) is 0 Å². The van der Waals surface area contributed by atoms with E-state index in [9.17, 15) is 4.79 Å². The zero-order valence-electron chi connectivity index (χ0n) is 9.08. The van der Waals surface area contributed by atoms with Gasteiger partial charge in [0.15, 0.2) is 0 Å². The van der Waals surface area contributed by atoms with E-state index in [0.717, 1.165) is 25.4 Å². The topological polar surface area (TPSA) is 23.6 Å². The van der Waals surface area contributed by atoms with Gasteiger partial charge in [0.1, 0.15) is 0 Å². The molecule has 0 aliphatic carbocycles. The number of likely N-dealkylation sites (tertiary alicyclic amines) is 1. The van der Waals surface area contributed by atoms with E-state index in [1.165, 1.54) is 0 Å². The molecule has 1 heterocycles. The maximum atomic E-state index is 11.6. The minimum Gasteiger partial charge on any atom is -0.331 e. The summed E-state index contributed by atoms with van der Waals surface area (Å²) in [7, 11) is 3.62. The normalized spacial score (nSPS) is 28.8. The molecule has 1 fully saturated rings. The van der Waals surface area contributed by atoms with Crippen LogP contribution >= 0.6 is 0 Å². The van der Waals surface area contributed by atoms with Gasteiger partial charge in [-0.15, -0.1) is 0 Å². The van der Waals surface area contributed by atoms with Gasteiger partial charge in [0.2, 0.25) is 0 Å². The lowest BCUT2D eigenvalue weighted by Crippen LogP contribution is -2.46. The third-order valence-electron chi connectivity index (χ3n) is 2.99. The van der Waals surface area contributed by atoms with E-state index in [2.05, 4.69) is 13.8 Å². The quantitative estimate of drug-likeness (QED) is 0.561. The van der Waals surface area contributed by atoms with E-state index in [1.807, 2.05) is 19.0 Å². The van der Waals surface area contributed by atoms with Crippen molar-refractivity contribution >= 4 is 6.03 Å². The van der Waals surface area contributed by atoms with E-state index in [4.69, 9.17) is 0 Å². The molecular weight excluding hydrogens is 164 g/mol. The van der Waals surface area contributed by atoms with Crippen molar-refractivity contribution in [2.45, 2.75) is 20.3 Å². The number of piperidine rings is 1. The minimum absolute atomic E-state index is 0.152. The van der Waals surface area contributed by atoms with Gasteiger partial charge in [-0.05, 0) is 18.3 Å². The fourth-order valence-electron chi connectivity index (χ4n) is 1.72. The molecule has 1 rings (SSSR count). The van der Waals surface area contributed by atoms with Crippen LogP contribution in [0.2, 0.25) is 0 Å². The predicted molar refractivity (Wildman–Crippen MR) is 53.6 cm³/mol. The van der Waals surface area contributed by atoms with Crippen LogP contribution in [0.1, 0.15) is 20.3 Å². The number of carbonyl (C=O) groups is 1. The van der Waals surface area contributed by atoms with Gasteiger partial charge in [-0.2, -0.15) is 0 Å². The Kier molecular flexibility index (Phi) is 3.17. The average Bonchev–Trinajstić information content (AvgIpc) is 2.08. The van der Waals surface area contributed by atoms with Gasteiger partial charge >= 0.3 is 6.03 Å². The fraction of sp³-hybridized carbons (Fsp3) is 0.900. The Morgan fingerprint density at radius 3 is 2.38 bits per heavy atom. The maximum absolute atomic E-state index is 11.6. The molecular formula is C10H20N2O. The Morgan fingerprint density at radius 2 is 1.92 bits per heavy atom. The summed E-state index contributed by atoms with van der Waals surface area (Å²) in [5.41, 5.74) is 0. The number of nitrogens with zero attached hydrogens (tertiary/aromatic N) is 2. The Bertz CT molecular complexity index is 191. The fourth-order valence-corrected chi connectivity index (χ4v) is 1.72. The molecule has 0 radical (unpaired) electrons. The molecule has 0 aromatic rings. The zero-order chi connectivity index (χ0) is 10.0. The van der Waals surface area contributed by atoms with Crippen LogP contribution in [0.5, 0.6) is 0 Å². The predicted octanol–water partition coefficient (Wildman–Crippen LogP) is 1.65. The summed E-state index contributed by atoms with van der Waals surface area (Å²) in [6, 6.07) is 0.152. The van der Waals surface area contributed by atoms with Gasteiger partial charge in [-0.25, -0.2) is 4.79 Å². The SMILES string of the molecule is CC1CCN(C(=O)N(C)C)CC1C.